The first-order valence-electron chi connectivity index (χ1n) is 43.5. The predicted octanol–water partition coefficient (Wildman–Crippen LogP) is 40.5. The van der Waals surface area contributed by atoms with Gasteiger partial charge in [0.2, 0.25) is 26.8 Å². The van der Waals surface area contributed by atoms with Crippen molar-refractivity contribution >= 4 is 318 Å². The first kappa shape index (κ1) is 166. The first-order chi connectivity index (χ1) is 46.0. The van der Waals surface area contributed by atoms with E-state index in [1.807, 2.05) is 52.4 Å². The van der Waals surface area contributed by atoms with Gasteiger partial charge in [0.05, 0.1) is 0 Å². The Hall–Kier alpha value is 9.26. The van der Waals surface area contributed by atoms with Gasteiger partial charge in [0.1, 0.15) is 0 Å². The summed E-state index contributed by atoms with van der Waals surface area (Å²) in [4.78, 5) is 0. The van der Waals surface area contributed by atoms with Crippen LogP contribution in [0.2, 0.25) is 471 Å². The van der Waals surface area contributed by atoms with E-state index in [2.05, 4.69) is 419 Å². The van der Waals surface area contributed by atoms with Crippen molar-refractivity contribution in [3.05, 3.63) is 0 Å². The largest absolute Gasteiger partial charge is 0.245 e. The molecule has 4 fully saturated rings. The highest BCUT2D eigenvalue weighted by Gasteiger charge is 2.80. The highest BCUT2D eigenvalue weighted by molar-refractivity contribution is 8.16. The Kier molecular flexibility index (Phi) is 70.8. The molecule has 0 radical (unpaired) electrons. The summed E-state index contributed by atoms with van der Waals surface area (Å²) in [5, 5.41) is 0. The van der Waals surface area contributed by atoms with Crippen LogP contribution in [-0.4, -0.2) is 230 Å². The van der Waals surface area contributed by atoms with Crippen molar-refractivity contribution in [3.63, 3.8) is 0 Å². The van der Waals surface area contributed by atoms with Crippen LogP contribution in [0, 0.1) is 0 Å². The molecular formula is C80H248Cl8Si32. The molecule has 40 heteroatoms. The monoisotopic (exact) mass is 2380 g/mol. The van der Waals surface area contributed by atoms with Gasteiger partial charge in [-0.2, -0.15) is 0 Å². The van der Waals surface area contributed by atoms with Gasteiger partial charge in [-0.15, -0.1) is 88.6 Å². The summed E-state index contributed by atoms with van der Waals surface area (Å²) in [5.41, 5.74) is 0. The van der Waals surface area contributed by atoms with E-state index >= 15 is 0 Å². The Morgan fingerprint density at radius 2 is 0.100 bits per heavy atom. The Bertz CT molecular complexity index is 1930. The number of hydrogen-bond donors (Lipinski definition) is 0. The summed E-state index contributed by atoms with van der Waals surface area (Å²) in [6.07, 6.45) is 0. The first-order valence-corrected chi connectivity index (χ1v) is 176. The molecule has 752 valence electrons. The third kappa shape index (κ3) is 40.0. The van der Waals surface area contributed by atoms with Gasteiger partial charge in [-0.25, -0.2) is 0 Å². The molecule has 0 aromatic carbocycles. The molecule has 0 nitrogen and oxygen atoms in total. The Morgan fingerprint density at radius 3 is 0.108 bits per heavy atom. The molecule has 4 rings (SSSR count). The molecule has 4 aliphatic heterocycles. The zero-order valence-corrected chi connectivity index (χ0v) is 129. The van der Waals surface area contributed by atoms with Gasteiger partial charge >= 0.3 is 0 Å². The van der Waals surface area contributed by atoms with E-state index in [0.29, 0.717) is 0 Å². The van der Waals surface area contributed by atoms with Gasteiger partial charge in [0.25, 0.3) is 0 Å². The summed E-state index contributed by atoms with van der Waals surface area (Å²) < 4.78 is 0. The molecule has 0 aromatic rings. The molecule has 0 N–H and O–H groups in total. The Morgan fingerprint density at radius 1 is 0.0917 bits per heavy atom. The second kappa shape index (κ2) is 51.3. The molecule has 0 spiro atoms. The molecular weight excluding hydrogens is 2140 g/mol. The van der Waals surface area contributed by atoms with Crippen LogP contribution in [0.5, 0.6) is 0 Å². The Balaban J connectivity index is -0.0000000731. The van der Waals surface area contributed by atoms with E-state index in [1.165, 1.54) is 0 Å². The highest BCUT2D eigenvalue weighted by atomic mass is 35.7. The molecule has 0 amide bonds. The zero-order valence-electron chi connectivity index (χ0n) is 91.0. The molecule has 4 saturated heterocycles. The molecule has 4 heterocycles. The van der Waals surface area contributed by atoms with Crippen molar-refractivity contribution in [2.75, 3.05) is 0 Å². The van der Waals surface area contributed by atoms with E-state index in [1.54, 1.807) is 0 Å². The van der Waals surface area contributed by atoms with E-state index in [0.717, 1.165) is 0 Å². The maximum absolute atomic E-state index is 5.43. The van der Waals surface area contributed by atoms with Crippen LogP contribution in [0.25, 0.3) is 0 Å². The van der Waals surface area contributed by atoms with Crippen molar-refractivity contribution < 1.29 is 0 Å². The smallest absolute Gasteiger partial charge is 0.146 e. The molecule has 0 atom stereocenters. The zero-order chi connectivity index (χ0) is 96.0. The van der Waals surface area contributed by atoms with Gasteiger partial charge < -0.3 is 0 Å². The third-order valence-electron chi connectivity index (χ3n) is 37.5. The van der Waals surface area contributed by atoms with Gasteiger partial charge in [-0.3, -0.25) is 0 Å². The predicted molar refractivity (Wildman–Crippen MR) is 707 cm³/mol. The summed E-state index contributed by atoms with van der Waals surface area (Å²) in [7, 11) is -25.7. The second-order valence-electron chi connectivity index (χ2n) is 56.3. The molecule has 0 bridgehead atoms. The Labute approximate surface area is 838 Å². The lowest BCUT2D eigenvalue weighted by atomic mass is 11.8. The minimum absolute atomic E-state index is 0. The van der Waals surface area contributed by atoms with Crippen molar-refractivity contribution in [2.45, 2.75) is 531 Å². The highest BCUT2D eigenvalue weighted by Crippen LogP contribution is 2.56. The van der Waals surface area contributed by atoms with Crippen molar-refractivity contribution in [1.82, 2.24) is 0 Å². The fraction of sp³-hybridized carbons (Fsp3) is 1.00. The van der Waals surface area contributed by atoms with Gasteiger partial charge in [0, 0.05) is 203 Å². The fourth-order valence-corrected chi connectivity index (χ4v) is 992. The number of halogens is 8. The minimum atomic E-state index is -1.67. The van der Waals surface area contributed by atoms with Gasteiger partial charge in [-0.1, -0.05) is 478 Å². The van der Waals surface area contributed by atoms with Crippen LogP contribution in [0.4, 0.5) is 0 Å². The minimum Gasteiger partial charge on any atom is -0.146 e. The number of rotatable bonds is 0. The molecule has 0 aromatic heterocycles. The summed E-state index contributed by atoms with van der Waals surface area (Å²) >= 11 is 43.5. The maximum Gasteiger partial charge on any atom is 0.245 e. The summed E-state index contributed by atoms with van der Waals surface area (Å²) in [5.74, 6) is 0. The van der Waals surface area contributed by atoms with E-state index in [4.69, 9.17) is 88.6 Å². The third-order valence-corrected chi connectivity index (χ3v) is 662. The lowest BCUT2D eigenvalue weighted by Gasteiger charge is -2.72. The van der Waals surface area contributed by atoms with Crippen molar-refractivity contribution in [3.8, 4) is 0 Å². The summed E-state index contributed by atoms with van der Waals surface area (Å²) in [6, 6.07) is 0. The van der Waals surface area contributed by atoms with Crippen LogP contribution >= 0.6 is 88.6 Å². The lowest BCUT2D eigenvalue weighted by Crippen LogP contribution is -3.00. The van der Waals surface area contributed by atoms with E-state index in [9.17, 15) is 0 Å². The normalized spacial score (nSPS) is 24.4. The van der Waals surface area contributed by atoms with E-state index in [-0.39, 0.29) is 59.4 Å². The topological polar surface area (TPSA) is 0 Å². The molecule has 0 saturated carbocycles. The molecule has 4 aliphatic rings. The molecule has 0 unspecified atom stereocenters. The fourth-order valence-electron chi connectivity index (χ4n) is 18.8. The maximum atomic E-state index is 5.43. The SMILES string of the molecule is C.C.C.C.C.C.C.C.C[Si](C)(C)C.C[Si](C)(C)C.C[Si](C)(C)C.C[Si](C)(C)C.C[Si](C)(Cl)Cl.C[Si](C)(Cl)Cl.C[Si](C)(Cl)Cl.C[Si](C)(Cl)Cl.C[Si]1(C)[Si](C)(C)[Si](C)(C)[Si](C)(C)[Si](C)(C)[Si]1(C)C.C[Si]1(C)[Si](C)(C)[Si](C)(C)[Si](C)(C)[Si](C)(C)[Si]1(C)C.C[Si]1(C)[Si](C)(C)[Si](C)(C)[Si](C)(C)[Si](C)(C)[Si]1(C)C.C[Si]1(C)[Si](C)(C)[Si](C)(C)[Si](C)(C)[Si](C)(C)[Si]1(C)C. The van der Waals surface area contributed by atoms with E-state index < -0.39 is 230 Å². The second-order valence-corrected chi connectivity index (χ2v) is 410. The van der Waals surface area contributed by atoms with Gasteiger partial charge in [-0.05, 0) is 52.4 Å². The van der Waals surface area contributed by atoms with Crippen LogP contribution in [0.15, 0.2) is 0 Å². The van der Waals surface area contributed by atoms with Crippen LogP contribution in [0.3, 0.4) is 0 Å². The van der Waals surface area contributed by atoms with Crippen molar-refractivity contribution in [2.24, 2.45) is 0 Å². The van der Waals surface area contributed by atoms with Crippen LogP contribution in [-0.2, 0) is 0 Å². The van der Waals surface area contributed by atoms with Crippen LogP contribution < -0.4 is 0 Å². The number of hydrogen-bond acceptors (Lipinski definition) is 0. The standard InChI is InChI=1S/4C12H36Si6.4C4H12Si.4C2H6Cl2Si.8CH4/c4*1-13(2)14(3,4)16(7,8)18(11,12)17(9,10)15(13,5)6;8*1-5(2,3)4;;;;;;;;/h4*1-12H3;4*1-4H3;4*1-2H3;8*1H4. The van der Waals surface area contributed by atoms with Crippen molar-refractivity contribution in [1.29, 1.82) is 0 Å². The van der Waals surface area contributed by atoms with Gasteiger partial charge in [0.15, 0.2) is 0 Å². The van der Waals surface area contributed by atoms with Crippen LogP contribution in [0.1, 0.15) is 59.4 Å². The molecule has 120 heavy (non-hydrogen) atoms. The summed E-state index contributed by atoms with van der Waals surface area (Å²) in [6.45, 7) is 181. The average molecular weight is 2390 g/mol. The quantitative estimate of drug-likeness (QED) is 0.168. The molecule has 0 aliphatic carbocycles. The average Bonchev–Trinajstić information content (AvgIpc) is 3.32. The lowest BCUT2D eigenvalue weighted by molar-refractivity contribution is 1.71.